The molecule has 0 amide bonds. The van der Waals surface area contributed by atoms with Crippen LogP contribution in [0, 0.1) is 5.92 Å². The number of thioether (sulfide) groups is 1. The summed E-state index contributed by atoms with van der Waals surface area (Å²) in [5.74, 6) is 0.278. The molecule has 1 heterocycles. The number of rotatable bonds is 6. The Hall–Kier alpha value is -1.44. The molecule has 0 fully saturated rings. The molecule has 108 valence electrons. The maximum absolute atomic E-state index is 9.53. The van der Waals surface area contributed by atoms with Crippen molar-refractivity contribution in [3.05, 3.63) is 30.3 Å². The second-order valence-corrected chi connectivity index (χ2v) is 6.08. The van der Waals surface area contributed by atoms with Crippen LogP contribution in [0.15, 0.2) is 35.5 Å². The van der Waals surface area contributed by atoms with Crippen molar-refractivity contribution in [2.24, 2.45) is 11.7 Å². The molecular formula is C13H19N5OS. The molecule has 2 rings (SSSR count). The minimum Gasteiger partial charge on any atom is -0.395 e. The van der Waals surface area contributed by atoms with Gasteiger partial charge in [-0.05, 0) is 28.5 Å². The van der Waals surface area contributed by atoms with E-state index in [-0.39, 0.29) is 23.8 Å². The second kappa shape index (κ2) is 6.83. The van der Waals surface area contributed by atoms with E-state index in [0.717, 1.165) is 5.69 Å². The van der Waals surface area contributed by atoms with E-state index in [1.165, 1.54) is 11.8 Å². The number of aliphatic hydroxyl groups excluding tert-OH is 1. The quantitative estimate of drug-likeness (QED) is 0.775. The molecule has 0 aliphatic carbocycles. The van der Waals surface area contributed by atoms with Gasteiger partial charge in [0.15, 0.2) is 0 Å². The van der Waals surface area contributed by atoms with E-state index in [1.807, 2.05) is 44.2 Å². The van der Waals surface area contributed by atoms with Gasteiger partial charge in [0, 0.05) is 6.04 Å². The highest BCUT2D eigenvalue weighted by Gasteiger charge is 2.24. The highest BCUT2D eigenvalue weighted by Crippen LogP contribution is 2.26. The predicted molar refractivity (Wildman–Crippen MR) is 78.7 cm³/mol. The van der Waals surface area contributed by atoms with Gasteiger partial charge < -0.3 is 10.8 Å². The largest absolute Gasteiger partial charge is 0.395 e. The van der Waals surface area contributed by atoms with Crippen LogP contribution in [0.5, 0.6) is 0 Å². The Morgan fingerprint density at radius 1 is 1.30 bits per heavy atom. The zero-order chi connectivity index (χ0) is 14.5. The van der Waals surface area contributed by atoms with Crippen LogP contribution in [0.3, 0.4) is 0 Å². The Kier molecular flexibility index (Phi) is 5.11. The third-order valence-electron chi connectivity index (χ3n) is 3.08. The van der Waals surface area contributed by atoms with Crippen LogP contribution >= 0.6 is 11.8 Å². The number of tetrazole rings is 1. The fourth-order valence-corrected chi connectivity index (χ4v) is 2.93. The molecule has 6 nitrogen and oxygen atoms in total. The molecule has 3 N–H and O–H groups in total. The van der Waals surface area contributed by atoms with E-state index in [1.54, 1.807) is 4.68 Å². The maximum Gasteiger partial charge on any atom is 0.214 e. The van der Waals surface area contributed by atoms with Crippen molar-refractivity contribution in [1.29, 1.82) is 0 Å². The number of nitrogens with two attached hydrogens (primary N) is 1. The third kappa shape index (κ3) is 3.36. The van der Waals surface area contributed by atoms with Gasteiger partial charge in [-0.15, -0.1) is 5.10 Å². The van der Waals surface area contributed by atoms with E-state index in [0.29, 0.717) is 5.16 Å². The molecule has 0 bridgehead atoms. The molecule has 2 aromatic rings. The molecule has 0 aliphatic heterocycles. The number of aromatic nitrogens is 4. The first-order valence-electron chi connectivity index (χ1n) is 6.50. The van der Waals surface area contributed by atoms with Crippen LogP contribution in [-0.4, -0.2) is 43.2 Å². The van der Waals surface area contributed by atoms with Gasteiger partial charge in [-0.1, -0.05) is 43.8 Å². The van der Waals surface area contributed by atoms with Gasteiger partial charge in [0.2, 0.25) is 5.16 Å². The van der Waals surface area contributed by atoms with Crippen molar-refractivity contribution in [3.8, 4) is 5.69 Å². The Morgan fingerprint density at radius 3 is 2.60 bits per heavy atom. The lowest BCUT2D eigenvalue weighted by molar-refractivity contribution is 0.269. The lowest BCUT2D eigenvalue weighted by Gasteiger charge is -2.23. The predicted octanol–water partition coefficient (Wildman–Crippen LogP) is 1.10. The summed E-state index contributed by atoms with van der Waals surface area (Å²) < 4.78 is 1.65. The lowest BCUT2D eigenvalue weighted by atomic mass is 10.0. The molecule has 1 aromatic heterocycles. The van der Waals surface area contributed by atoms with Crippen molar-refractivity contribution >= 4 is 11.8 Å². The summed E-state index contributed by atoms with van der Waals surface area (Å²) in [5, 5.41) is 21.7. The van der Waals surface area contributed by atoms with Gasteiger partial charge >= 0.3 is 0 Å². The number of para-hydroxylation sites is 1. The Morgan fingerprint density at radius 2 is 2.00 bits per heavy atom. The Balaban J connectivity index is 2.20. The number of benzene rings is 1. The molecule has 0 aliphatic rings. The smallest absolute Gasteiger partial charge is 0.214 e. The molecular weight excluding hydrogens is 274 g/mol. The summed E-state index contributed by atoms with van der Waals surface area (Å²) in [7, 11) is 0. The number of hydrogen-bond donors (Lipinski definition) is 2. The lowest BCUT2D eigenvalue weighted by Crippen LogP contribution is -2.39. The third-order valence-corrected chi connectivity index (χ3v) is 4.31. The molecule has 0 radical (unpaired) electrons. The molecule has 0 saturated carbocycles. The fraction of sp³-hybridized carbons (Fsp3) is 0.462. The van der Waals surface area contributed by atoms with Gasteiger partial charge in [0.25, 0.3) is 0 Å². The van der Waals surface area contributed by atoms with Crippen LogP contribution in [0.25, 0.3) is 5.69 Å². The Labute approximate surface area is 122 Å². The summed E-state index contributed by atoms with van der Waals surface area (Å²) >= 11 is 1.41. The fourth-order valence-electron chi connectivity index (χ4n) is 1.79. The molecule has 2 unspecified atom stereocenters. The van der Waals surface area contributed by atoms with E-state index < -0.39 is 0 Å². The van der Waals surface area contributed by atoms with Gasteiger partial charge in [-0.25, -0.2) is 0 Å². The summed E-state index contributed by atoms with van der Waals surface area (Å²) in [6.07, 6.45) is 0. The standard InChI is InChI=1S/C13H19N5OS/c1-9(2)12(14)11(8-19)20-13-15-16-17-18(13)10-6-4-3-5-7-10/h3-7,9,11-12,19H,8,14H2,1-2H3. The minimum atomic E-state index is -0.136. The maximum atomic E-state index is 9.53. The second-order valence-electron chi connectivity index (χ2n) is 4.87. The highest BCUT2D eigenvalue weighted by molar-refractivity contribution is 7.99. The zero-order valence-electron chi connectivity index (χ0n) is 11.5. The van der Waals surface area contributed by atoms with Gasteiger partial charge in [0.05, 0.1) is 17.5 Å². The van der Waals surface area contributed by atoms with Crippen molar-refractivity contribution in [3.63, 3.8) is 0 Å². The summed E-state index contributed by atoms with van der Waals surface area (Å²) in [6.45, 7) is 4.06. The van der Waals surface area contributed by atoms with E-state index >= 15 is 0 Å². The molecule has 2 atom stereocenters. The first-order valence-corrected chi connectivity index (χ1v) is 7.38. The topological polar surface area (TPSA) is 89.8 Å². The van der Waals surface area contributed by atoms with E-state index in [2.05, 4.69) is 15.5 Å². The molecule has 20 heavy (non-hydrogen) atoms. The van der Waals surface area contributed by atoms with Crippen LogP contribution in [0.1, 0.15) is 13.8 Å². The van der Waals surface area contributed by atoms with Gasteiger partial charge in [0.1, 0.15) is 0 Å². The summed E-state index contributed by atoms with van der Waals surface area (Å²) in [5.41, 5.74) is 7.00. The van der Waals surface area contributed by atoms with Crippen LogP contribution in [-0.2, 0) is 0 Å². The van der Waals surface area contributed by atoms with Gasteiger partial charge in [-0.2, -0.15) is 4.68 Å². The SMILES string of the molecule is CC(C)C(N)C(CO)Sc1nnnn1-c1ccccc1. The van der Waals surface area contributed by atoms with Crippen LogP contribution < -0.4 is 5.73 Å². The molecule has 7 heteroatoms. The number of hydrogen-bond acceptors (Lipinski definition) is 6. The van der Waals surface area contributed by atoms with Crippen LogP contribution in [0.4, 0.5) is 0 Å². The van der Waals surface area contributed by atoms with Gasteiger partial charge in [-0.3, -0.25) is 0 Å². The summed E-state index contributed by atoms with van der Waals surface area (Å²) in [6, 6.07) is 9.52. The molecule has 1 aromatic carbocycles. The number of aliphatic hydroxyl groups is 1. The first kappa shape index (κ1) is 15.0. The zero-order valence-corrected chi connectivity index (χ0v) is 12.4. The van der Waals surface area contributed by atoms with Crippen LogP contribution in [0.2, 0.25) is 0 Å². The van der Waals surface area contributed by atoms with Crippen molar-refractivity contribution in [1.82, 2.24) is 20.2 Å². The minimum absolute atomic E-state index is 0.00827. The van der Waals surface area contributed by atoms with E-state index in [4.69, 9.17) is 5.73 Å². The normalized spacial score (nSPS) is 14.4. The number of nitrogens with zero attached hydrogens (tertiary/aromatic N) is 4. The monoisotopic (exact) mass is 293 g/mol. The average Bonchev–Trinajstić information content (AvgIpc) is 2.93. The van der Waals surface area contributed by atoms with Crippen molar-refractivity contribution in [2.45, 2.75) is 30.3 Å². The average molecular weight is 293 g/mol. The van der Waals surface area contributed by atoms with Crippen molar-refractivity contribution in [2.75, 3.05) is 6.61 Å². The van der Waals surface area contributed by atoms with Crippen molar-refractivity contribution < 1.29 is 5.11 Å². The summed E-state index contributed by atoms with van der Waals surface area (Å²) in [4.78, 5) is 0. The Bertz CT molecular complexity index is 531. The molecule has 0 spiro atoms. The molecule has 0 saturated heterocycles. The first-order chi connectivity index (χ1) is 9.63. The highest BCUT2D eigenvalue weighted by atomic mass is 32.2. The van der Waals surface area contributed by atoms with E-state index in [9.17, 15) is 5.11 Å².